The maximum atomic E-state index is 11.5. The van der Waals surface area contributed by atoms with Gasteiger partial charge in [-0.1, -0.05) is 5.21 Å². The third-order valence-corrected chi connectivity index (χ3v) is 5.12. The summed E-state index contributed by atoms with van der Waals surface area (Å²) >= 11 is 0. The molecular formula is C10H18N6O3S. The second-order valence-corrected chi connectivity index (χ2v) is 7.07. The Hall–Kier alpha value is -1.52. The zero-order valence-corrected chi connectivity index (χ0v) is 12.0. The Morgan fingerprint density at radius 2 is 2.30 bits per heavy atom. The predicted octanol–water partition coefficient (Wildman–Crippen LogP) is -2.00. The smallest absolute Gasteiger partial charge is 0.287 e. The van der Waals surface area contributed by atoms with Crippen LogP contribution >= 0.6 is 0 Å². The average Bonchev–Trinajstić information content (AvgIpc) is 2.85. The number of amides is 1. The van der Waals surface area contributed by atoms with Gasteiger partial charge in [-0.3, -0.25) is 19.8 Å². The largest absolute Gasteiger partial charge is 0.297 e. The predicted molar refractivity (Wildman–Crippen MR) is 71.4 cm³/mol. The van der Waals surface area contributed by atoms with Crippen molar-refractivity contribution in [2.45, 2.75) is 19.5 Å². The fourth-order valence-electron chi connectivity index (χ4n) is 2.18. The summed E-state index contributed by atoms with van der Waals surface area (Å²) in [5.74, 6) is 4.89. The van der Waals surface area contributed by atoms with Crippen molar-refractivity contribution in [3.63, 3.8) is 0 Å². The van der Waals surface area contributed by atoms with Gasteiger partial charge in [0.15, 0.2) is 15.5 Å². The highest BCUT2D eigenvalue weighted by Gasteiger charge is 2.27. The highest BCUT2D eigenvalue weighted by molar-refractivity contribution is 7.91. The molecule has 0 bridgehead atoms. The Bertz CT molecular complexity index is 584. The van der Waals surface area contributed by atoms with E-state index in [0.29, 0.717) is 19.6 Å². The first-order valence-electron chi connectivity index (χ1n) is 6.27. The number of sulfone groups is 1. The van der Waals surface area contributed by atoms with Gasteiger partial charge in [-0.05, 0) is 6.92 Å². The maximum absolute atomic E-state index is 11.5. The van der Waals surface area contributed by atoms with E-state index in [2.05, 4.69) is 15.2 Å². The number of hydrogen-bond donors (Lipinski definition) is 2. The van der Waals surface area contributed by atoms with Crippen LogP contribution in [-0.2, 0) is 16.4 Å². The van der Waals surface area contributed by atoms with Gasteiger partial charge in [0, 0.05) is 19.1 Å². The van der Waals surface area contributed by atoms with Gasteiger partial charge in [-0.15, -0.1) is 5.10 Å². The summed E-state index contributed by atoms with van der Waals surface area (Å²) < 4.78 is 24.5. The summed E-state index contributed by atoms with van der Waals surface area (Å²) in [6, 6.07) is -0.0101. The quantitative estimate of drug-likeness (QED) is 0.374. The lowest BCUT2D eigenvalue weighted by molar-refractivity contribution is 0.0948. The first-order chi connectivity index (χ1) is 9.41. The topological polar surface area (TPSA) is 123 Å². The number of carbonyl (C=O) groups is 1. The van der Waals surface area contributed by atoms with Gasteiger partial charge in [0.25, 0.3) is 5.91 Å². The number of aromatic nitrogens is 3. The lowest BCUT2D eigenvalue weighted by Crippen LogP contribution is -2.47. The van der Waals surface area contributed by atoms with Crippen LogP contribution in [0.15, 0.2) is 6.20 Å². The van der Waals surface area contributed by atoms with E-state index >= 15 is 0 Å². The molecule has 1 aliphatic rings. The number of hydrogen-bond acceptors (Lipinski definition) is 7. The number of nitrogens with zero attached hydrogens (tertiary/aromatic N) is 4. The molecule has 1 fully saturated rings. The van der Waals surface area contributed by atoms with E-state index in [4.69, 9.17) is 5.84 Å². The Labute approximate surface area is 117 Å². The van der Waals surface area contributed by atoms with Gasteiger partial charge >= 0.3 is 0 Å². The van der Waals surface area contributed by atoms with Crippen LogP contribution in [0.25, 0.3) is 0 Å². The average molecular weight is 302 g/mol. The Morgan fingerprint density at radius 3 is 2.95 bits per heavy atom. The molecule has 0 radical (unpaired) electrons. The van der Waals surface area contributed by atoms with Crippen LogP contribution in [0.5, 0.6) is 0 Å². The van der Waals surface area contributed by atoms with Crippen molar-refractivity contribution in [2.75, 3.05) is 24.6 Å². The number of rotatable bonds is 4. The van der Waals surface area contributed by atoms with Crippen LogP contribution < -0.4 is 11.3 Å². The fourth-order valence-corrected chi connectivity index (χ4v) is 3.81. The molecule has 10 heteroatoms. The number of carbonyl (C=O) groups excluding carboxylic acids is 1. The van der Waals surface area contributed by atoms with E-state index in [0.717, 1.165) is 0 Å². The highest BCUT2D eigenvalue weighted by atomic mass is 32.2. The van der Waals surface area contributed by atoms with Gasteiger partial charge in [-0.25, -0.2) is 14.3 Å². The minimum absolute atomic E-state index is 0.0101. The second-order valence-electron chi connectivity index (χ2n) is 4.84. The van der Waals surface area contributed by atoms with E-state index < -0.39 is 15.7 Å². The van der Waals surface area contributed by atoms with Gasteiger partial charge < -0.3 is 0 Å². The van der Waals surface area contributed by atoms with Crippen molar-refractivity contribution >= 4 is 15.7 Å². The van der Waals surface area contributed by atoms with Gasteiger partial charge in [0.1, 0.15) is 0 Å². The molecule has 1 saturated heterocycles. The molecule has 9 nitrogen and oxygen atoms in total. The van der Waals surface area contributed by atoms with E-state index in [-0.39, 0.29) is 23.2 Å². The molecule has 2 rings (SSSR count). The molecule has 3 N–H and O–H groups in total. The molecule has 20 heavy (non-hydrogen) atoms. The molecule has 112 valence electrons. The third kappa shape index (κ3) is 3.52. The van der Waals surface area contributed by atoms with Crippen LogP contribution in [0, 0.1) is 0 Å². The molecule has 1 aliphatic heterocycles. The summed E-state index contributed by atoms with van der Waals surface area (Å²) in [4.78, 5) is 13.3. The fraction of sp³-hybridized carbons (Fsp3) is 0.700. The van der Waals surface area contributed by atoms with Crippen molar-refractivity contribution in [3.05, 3.63) is 11.9 Å². The molecule has 1 amide bonds. The summed E-state index contributed by atoms with van der Waals surface area (Å²) in [6.45, 7) is 3.61. The highest BCUT2D eigenvalue weighted by Crippen LogP contribution is 2.11. The molecule has 1 aromatic rings. The molecule has 0 aliphatic carbocycles. The van der Waals surface area contributed by atoms with Crippen molar-refractivity contribution in [3.8, 4) is 0 Å². The Morgan fingerprint density at radius 1 is 1.55 bits per heavy atom. The Balaban J connectivity index is 1.89. The van der Waals surface area contributed by atoms with Crippen LogP contribution in [-0.4, -0.2) is 64.9 Å². The second kappa shape index (κ2) is 5.85. The summed E-state index contributed by atoms with van der Waals surface area (Å²) in [5, 5.41) is 7.53. The Kier molecular flexibility index (Phi) is 4.35. The molecule has 0 saturated carbocycles. The molecule has 0 aromatic carbocycles. The van der Waals surface area contributed by atoms with E-state index in [1.54, 1.807) is 4.68 Å². The van der Waals surface area contributed by atoms with Crippen molar-refractivity contribution in [1.29, 1.82) is 0 Å². The number of nitrogens with one attached hydrogen (secondary N) is 1. The van der Waals surface area contributed by atoms with Crippen LogP contribution in [0.2, 0.25) is 0 Å². The molecule has 1 atom stereocenters. The number of nitrogens with two attached hydrogens (primary N) is 1. The van der Waals surface area contributed by atoms with Crippen LogP contribution in [0.1, 0.15) is 17.4 Å². The molecule has 2 heterocycles. The summed E-state index contributed by atoms with van der Waals surface area (Å²) in [7, 11) is -2.90. The van der Waals surface area contributed by atoms with E-state index in [9.17, 15) is 13.2 Å². The zero-order valence-electron chi connectivity index (χ0n) is 11.2. The number of hydrazine groups is 1. The third-order valence-electron chi connectivity index (χ3n) is 3.33. The first-order valence-corrected chi connectivity index (χ1v) is 8.09. The molecule has 1 aromatic heterocycles. The number of nitrogen functional groups attached to an aromatic ring is 1. The zero-order chi connectivity index (χ0) is 14.8. The summed E-state index contributed by atoms with van der Waals surface area (Å²) in [6.07, 6.45) is 1.51. The first kappa shape index (κ1) is 14.9. The molecule has 1 unspecified atom stereocenters. The minimum atomic E-state index is -2.90. The van der Waals surface area contributed by atoms with Crippen molar-refractivity contribution < 1.29 is 13.2 Å². The van der Waals surface area contributed by atoms with E-state index in [1.807, 2.05) is 12.3 Å². The lowest BCUT2D eigenvalue weighted by Gasteiger charge is -2.32. The standard InChI is InChI=1S/C10H18N6O3S/c1-8-7-20(18,19)5-4-15(8)2-3-16-6-9(13-14-16)10(17)12-11/h6,8H,2-5,7,11H2,1H3,(H,12,17). The lowest BCUT2D eigenvalue weighted by atomic mass is 10.3. The summed E-state index contributed by atoms with van der Waals surface area (Å²) in [5.41, 5.74) is 2.14. The van der Waals surface area contributed by atoms with Gasteiger partial charge in [-0.2, -0.15) is 0 Å². The minimum Gasteiger partial charge on any atom is -0.297 e. The van der Waals surface area contributed by atoms with Gasteiger partial charge in [0.05, 0.1) is 24.2 Å². The maximum Gasteiger partial charge on any atom is 0.287 e. The van der Waals surface area contributed by atoms with E-state index in [1.165, 1.54) is 6.20 Å². The van der Waals surface area contributed by atoms with Crippen molar-refractivity contribution in [2.24, 2.45) is 5.84 Å². The van der Waals surface area contributed by atoms with Gasteiger partial charge in [0.2, 0.25) is 0 Å². The molecule has 0 spiro atoms. The van der Waals surface area contributed by atoms with Crippen LogP contribution in [0.4, 0.5) is 0 Å². The monoisotopic (exact) mass is 302 g/mol. The normalized spacial score (nSPS) is 22.6. The van der Waals surface area contributed by atoms with Crippen molar-refractivity contribution in [1.82, 2.24) is 25.3 Å². The SMILES string of the molecule is CC1CS(=O)(=O)CCN1CCn1cc(C(=O)NN)nn1. The van der Waals surface area contributed by atoms with Crippen LogP contribution in [0.3, 0.4) is 0 Å². The molecular weight excluding hydrogens is 284 g/mol.